The van der Waals surface area contributed by atoms with Gasteiger partial charge in [0.15, 0.2) is 25.4 Å². The zero-order valence-corrected chi connectivity index (χ0v) is 33.2. The van der Waals surface area contributed by atoms with Gasteiger partial charge in [-0.05, 0) is 69.0 Å². The fourth-order valence-electron chi connectivity index (χ4n) is 7.38. The highest BCUT2D eigenvalue weighted by Crippen LogP contribution is 2.60. The number of carbonyl (C=O) groups is 2. The van der Waals surface area contributed by atoms with E-state index in [9.17, 15) is 13.9 Å². The van der Waals surface area contributed by atoms with Gasteiger partial charge < -0.3 is 37.5 Å². The van der Waals surface area contributed by atoms with Gasteiger partial charge in [0.05, 0.1) is 37.6 Å². The molecule has 1 aromatic heterocycles. The molecule has 0 aliphatic heterocycles. The van der Waals surface area contributed by atoms with Crippen LogP contribution in [0.3, 0.4) is 0 Å². The van der Waals surface area contributed by atoms with E-state index in [0.717, 1.165) is 19.3 Å². The molecule has 51 heavy (non-hydrogen) atoms. The molecule has 1 saturated carbocycles. The highest BCUT2D eigenvalue weighted by molar-refractivity contribution is 7.80. The number of Topliss-reactive ketones (excluding diaryl/α,β-unsaturated/α-hetero) is 2. The molecule has 0 bridgehead atoms. The summed E-state index contributed by atoms with van der Waals surface area (Å²) in [6.07, 6.45) is 3.59. The van der Waals surface area contributed by atoms with Gasteiger partial charge in [-0.25, -0.2) is 0 Å². The summed E-state index contributed by atoms with van der Waals surface area (Å²) in [4.78, 5) is 32.8. The third kappa shape index (κ3) is 6.64. The summed E-state index contributed by atoms with van der Waals surface area (Å²) < 4.78 is 57.1. The number of nitrogens with one attached hydrogen (secondary N) is 1. The second-order valence-corrected chi connectivity index (χ2v) is 20.8. The topological polar surface area (TPSA) is 173 Å². The Morgan fingerprint density at radius 1 is 1.12 bits per heavy atom. The van der Waals surface area contributed by atoms with Gasteiger partial charge in [-0.15, -0.1) is 0 Å². The van der Waals surface area contributed by atoms with E-state index in [1.54, 1.807) is 0 Å². The highest BCUT2D eigenvalue weighted by Gasteiger charge is 2.69. The molecule has 1 fully saturated rings. The van der Waals surface area contributed by atoms with Crippen LogP contribution in [0.4, 0.5) is 5.69 Å². The molecule has 15 heteroatoms. The lowest BCUT2D eigenvalue weighted by atomic mass is 9.57. The summed E-state index contributed by atoms with van der Waals surface area (Å²) in [5.41, 5.74) is -1.15. The Kier molecular flexibility index (Phi) is 11.2. The molecule has 1 aromatic carbocycles. The number of hydrogen-bond donors (Lipinski definition) is 2. The summed E-state index contributed by atoms with van der Waals surface area (Å²) in [6, 6.07) is 0.929. The van der Waals surface area contributed by atoms with Gasteiger partial charge in [-0.1, -0.05) is 47.5 Å². The first kappa shape index (κ1) is 39.0. The highest BCUT2D eigenvalue weighted by atomic mass is 32.2. The van der Waals surface area contributed by atoms with Crippen LogP contribution in [-0.2, 0) is 26.9 Å². The van der Waals surface area contributed by atoms with Gasteiger partial charge in [-0.3, -0.25) is 18.7 Å². The van der Waals surface area contributed by atoms with Crippen molar-refractivity contribution in [1.29, 1.82) is 0 Å². The third-order valence-electron chi connectivity index (χ3n) is 10.9. The van der Waals surface area contributed by atoms with Crippen molar-refractivity contribution >= 4 is 42.6 Å². The number of fused-ring (bicyclic) bond motifs is 4. The number of nitrogens with zero attached hydrogens (tertiary/aromatic N) is 2. The molecular formula is C36H52N3O10SSi-. The maximum absolute atomic E-state index is 15.6. The molecule has 0 saturated heterocycles. The molecule has 0 amide bonds. The van der Waals surface area contributed by atoms with Crippen molar-refractivity contribution in [3.8, 4) is 17.4 Å². The van der Waals surface area contributed by atoms with Crippen LogP contribution in [0.1, 0.15) is 100 Å². The van der Waals surface area contributed by atoms with Crippen molar-refractivity contribution < 1.29 is 46.6 Å². The predicted molar refractivity (Wildman–Crippen MR) is 194 cm³/mol. The summed E-state index contributed by atoms with van der Waals surface area (Å²) in [7, 11) is 2.27. The number of ether oxygens (including phenoxy) is 3. The summed E-state index contributed by atoms with van der Waals surface area (Å²) in [5, 5.41) is 16.1. The number of aliphatic hydroxyl groups excluding tert-OH is 1. The Labute approximate surface area is 303 Å². The van der Waals surface area contributed by atoms with Gasteiger partial charge in [0.25, 0.3) is 5.88 Å². The minimum atomic E-state index is -2.91. The first-order chi connectivity index (χ1) is 24.0. The van der Waals surface area contributed by atoms with Crippen molar-refractivity contribution in [3.63, 3.8) is 0 Å². The number of ketones is 2. The van der Waals surface area contributed by atoms with Gasteiger partial charge in [0, 0.05) is 34.4 Å². The van der Waals surface area contributed by atoms with Crippen LogP contribution in [-0.4, -0.2) is 83.8 Å². The molecule has 2 N–H and O–H groups in total. The van der Waals surface area contributed by atoms with Crippen molar-refractivity contribution in [2.45, 2.75) is 103 Å². The van der Waals surface area contributed by atoms with Crippen LogP contribution in [0.2, 0.25) is 18.1 Å². The van der Waals surface area contributed by atoms with E-state index in [2.05, 4.69) is 9.88 Å². The Bertz CT molecular complexity index is 1730. The predicted octanol–water partition coefficient (Wildman–Crippen LogP) is 6.54. The molecular weight excluding hydrogens is 695 g/mol. The average molecular weight is 747 g/mol. The SMILES string of the molecule is CCCCOc1noc2c1C(=O)[C@@]1(O[Si](C)(C)C(C)(C)C)C(=O)C3=C(O)c4c(c(OC)cc(NS(=O)[O-])c4OCCCC)C[C@H]3C[C@H]1[C@@H]2N(C)C. The van der Waals surface area contributed by atoms with Crippen LogP contribution in [0.5, 0.6) is 17.4 Å². The molecule has 1 unspecified atom stereocenters. The molecule has 282 valence electrons. The number of carbonyl (C=O) groups excluding carboxylic acids is 2. The normalized spacial score (nSPS) is 23.7. The number of methoxy groups -OCH3 is 1. The van der Waals surface area contributed by atoms with Crippen LogP contribution in [0.15, 0.2) is 16.2 Å². The summed E-state index contributed by atoms with van der Waals surface area (Å²) >= 11 is -2.73. The molecule has 5 rings (SSSR count). The Morgan fingerprint density at radius 2 is 1.76 bits per heavy atom. The molecule has 3 aliphatic carbocycles. The number of anilines is 1. The van der Waals surface area contributed by atoms with E-state index in [4.69, 9.17) is 23.2 Å². The number of hydrogen-bond acceptors (Lipinski definition) is 12. The monoisotopic (exact) mass is 746 g/mol. The number of rotatable bonds is 14. The molecule has 0 spiro atoms. The van der Waals surface area contributed by atoms with Crippen molar-refractivity contribution in [2.75, 3.05) is 39.1 Å². The zero-order valence-electron chi connectivity index (χ0n) is 31.4. The number of unbranched alkanes of at least 4 members (excludes halogenated alkanes) is 2. The average Bonchev–Trinajstić information content (AvgIpc) is 3.45. The lowest BCUT2D eigenvalue weighted by Crippen LogP contribution is -2.68. The van der Waals surface area contributed by atoms with Crippen LogP contribution < -0.4 is 18.9 Å². The molecule has 13 nitrogen and oxygen atoms in total. The van der Waals surface area contributed by atoms with Gasteiger partial charge in [0.2, 0.25) is 11.6 Å². The van der Waals surface area contributed by atoms with Crippen molar-refractivity contribution in [3.05, 3.63) is 34.1 Å². The first-order valence-corrected chi connectivity index (χ1v) is 21.7. The van der Waals surface area contributed by atoms with E-state index in [1.807, 2.05) is 66.7 Å². The maximum Gasteiger partial charge on any atom is 0.265 e. The van der Waals surface area contributed by atoms with E-state index < -0.39 is 65.4 Å². The van der Waals surface area contributed by atoms with E-state index in [-0.39, 0.29) is 53.5 Å². The lowest BCUT2D eigenvalue weighted by molar-refractivity contribution is -0.140. The maximum atomic E-state index is 15.6. The van der Waals surface area contributed by atoms with Crippen LogP contribution in [0.25, 0.3) is 5.76 Å². The zero-order chi connectivity index (χ0) is 37.6. The Morgan fingerprint density at radius 3 is 2.33 bits per heavy atom. The smallest absolute Gasteiger partial charge is 0.265 e. The third-order valence-corrected chi connectivity index (χ3v) is 15.7. The summed E-state index contributed by atoms with van der Waals surface area (Å²) in [5.74, 6) is -2.14. The number of aliphatic hydroxyl groups is 1. The van der Waals surface area contributed by atoms with Crippen LogP contribution >= 0.6 is 0 Å². The molecule has 2 aromatic rings. The van der Waals surface area contributed by atoms with Crippen molar-refractivity contribution in [1.82, 2.24) is 10.1 Å². The lowest BCUT2D eigenvalue weighted by Gasteiger charge is -2.55. The quantitative estimate of drug-likeness (QED) is 0.0927. The minimum absolute atomic E-state index is 0.0201. The van der Waals surface area contributed by atoms with E-state index >= 15 is 9.59 Å². The van der Waals surface area contributed by atoms with Crippen molar-refractivity contribution in [2.24, 2.45) is 11.8 Å². The van der Waals surface area contributed by atoms with E-state index in [1.165, 1.54) is 13.2 Å². The second-order valence-electron chi connectivity index (χ2n) is 15.4. The van der Waals surface area contributed by atoms with Crippen LogP contribution in [0, 0.1) is 11.8 Å². The summed E-state index contributed by atoms with van der Waals surface area (Å²) in [6.45, 7) is 14.7. The standard InChI is InChI=1S/C36H53N3O10SSi/c1-11-13-15-46-30-23(38-50(43)44)19-24(45-8)21-17-20-18-22-28(39(6)7)31-27(34(37-48-31)47-16-14-12-2)33(42)36(22,49-51(9,10)35(3,4)5)32(41)25(20)29(40)26(21)30/h19-20,22,28,38,40H,11-18H2,1-10H3,(H,43,44)/p-1/t20-,22-,28-,36-/m0/s1. The molecule has 5 atom stereocenters. The fourth-order valence-corrected chi connectivity index (χ4v) is 9.16. The molecule has 0 radical (unpaired) electrons. The van der Waals surface area contributed by atoms with Gasteiger partial charge in [0.1, 0.15) is 17.1 Å². The second kappa shape index (κ2) is 14.6. The van der Waals surface area contributed by atoms with Gasteiger partial charge in [-0.2, -0.15) is 0 Å². The largest absolute Gasteiger partial charge is 0.755 e. The number of benzene rings is 1. The Hall–Kier alpha value is -3.24. The fraction of sp³-hybridized carbons (Fsp3) is 0.639. The molecule has 1 heterocycles. The molecule has 3 aliphatic rings. The van der Waals surface area contributed by atoms with E-state index in [0.29, 0.717) is 30.1 Å². The number of aromatic nitrogens is 1. The van der Waals surface area contributed by atoms with Gasteiger partial charge >= 0.3 is 0 Å². The Balaban J connectivity index is 1.81. The minimum Gasteiger partial charge on any atom is -0.755 e. The first-order valence-electron chi connectivity index (χ1n) is 17.7.